The average Bonchev–Trinajstić information content (AvgIpc) is 2.87. The van der Waals surface area contributed by atoms with Gasteiger partial charge in [-0.1, -0.05) is 19.8 Å². The molecule has 1 N–H and O–H groups in total. The smallest absolute Gasteiger partial charge is 0.0940 e. The van der Waals surface area contributed by atoms with Gasteiger partial charge >= 0.3 is 0 Å². The normalized spacial score (nSPS) is 45.5. The summed E-state index contributed by atoms with van der Waals surface area (Å²) < 4.78 is 11.5. The minimum Gasteiger partial charge on any atom is -0.393 e. The molecule has 2 aliphatic heterocycles. The molecule has 3 fully saturated rings. The van der Waals surface area contributed by atoms with Crippen LogP contribution in [0, 0.1) is 17.8 Å². The van der Waals surface area contributed by atoms with Crippen molar-refractivity contribution in [3.63, 3.8) is 0 Å². The molecule has 3 atom stereocenters. The quantitative estimate of drug-likeness (QED) is 0.837. The summed E-state index contributed by atoms with van der Waals surface area (Å²) in [5.41, 5.74) is -0.0636. The summed E-state index contributed by atoms with van der Waals surface area (Å²) in [6.45, 7) is 4.69. The van der Waals surface area contributed by atoms with E-state index in [9.17, 15) is 5.11 Å². The molecule has 3 unspecified atom stereocenters. The lowest BCUT2D eigenvalue weighted by Crippen LogP contribution is -2.45. The fourth-order valence-corrected chi connectivity index (χ4v) is 4.23. The van der Waals surface area contributed by atoms with Crippen LogP contribution in [0.5, 0.6) is 0 Å². The highest BCUT2D eigenvalue weighted by molar-refractivity contribution is 4.93. The molecule has 3 heteroatoms. The number of rotatable bonds is 2. The Morgan fingerprint density at radius 3 is 2.53 bits per heavy atom. The first kappa shape index (κ1) is 13.8. The van der Waals surface area contributed by atoms with E-state index in [1.165, 1.54) is 25.7 Å². The molecule has 0 radical (unpaired) electrons. The Labute approximate surface area is 116 Å². The first-order chi connectivity index (χ1) is 9.19. The van der Waals surface area contributed by atoms with Crippen molar-refractivity contribution in [2.24, 2.45) is 17.8 Å². The summed E-state index contributed by atoms with van der Waals surface area (Å²) in [5.74, 6) is 1.81. The van der Waals surface area contributed by atoms with Crippen molar-refractivity contribution in [2.45, 2.75) is 63.6 Å². The van der Waals surface area contributed by atoms with Crippen LogP contribution in [0.15, 0.2) is 0 Å². The molecule has 0 bridgehead atoms. The van der Waals surface area contributed by atoms with Crippen LogP contribution in [0.25, 0.3) is 0 Å². The molecule has 3 nitrogen and oxygen atoms in total. The van der Waals surface area contributed by atoms with Gasteiger partial charge in [-0.15, -0.1) is 0 Å². The van der Waals surface area contributed by atoms with E-state index in [1.54, 1.807) is 0 Å². The van der Waals surface area contributed by atoms with Gasteiger partial charge in [0, 0.05) is 19.6 Å². The molecule has 1 saturated carbocycles. The predicted octanol–water partition coefficient (Wildman–Crippen LogP) is 2.76. The molecule has 110 valence electrons. The number of hydrogen-bond acceptors (Lipinski definition) is 3. The maximum Gasteiger partial charge on any atom is 0.0940 e. The maximum atomic E-state index is 10.7. The van der Waals surface area contributed by atoms with Crippen LogP contribution in [0.1, 0.15) is 51.9 Å². The molecule has 0 aromatic rings. The number of aliphatic hydroxyl groups excluding tert-OH is 1. The van der Waals surface area contributed by atoms with Crippen molar-refractivity contribution in [3.8, 4) is 0 Å². The predicted molar refractivity (Wildman–Crippen MR) is 74.0 cm³/mol. The SMILES string of the molecule is CC1CCC(C(O)C2CCOC3(CCOC3)C2)CC1. The zero-order valence-electron chi connectivity index (χ0n) is 12.1. The highest BCUT2D eigenvalue weighted by Crippen LogP contribution is 2.41. The van der Waals surface area contributed by atoms with Crippen LogP contribution in [0.4, 0.5) is 0 Å². The summed E-state index contributed by atoms with van der Waals surface area (Å²) in [5, 5.41) is 10.7. The molecule has 3 rings (SSSR count). The Morgan fingerprint density at radius 1 is 1.05 bits per heavy atom. The van der Waals surface area contributed by atoms with Gasteiger partial charge in [0.25, 0.3) is 0 Å². The van der Waals surface area contributed by atoms with E-state index in [4.69, 9.17) is 9.47 Å². The summed E-state index contributed by atoms with van der Waals surface area (Å²) in [7, 11) is 0. The topological polar surface area (TPSA) is 38.7 Å². The van der Waals surface area contributed by atoms with E-state index in [1.807, 2.05) is 0 Å². The van der Waals surface area contributed by atoms with Crippen molar-refractivity contribution in [1.29, 1.82) is 0 Å². The Bertz CT molecular complexity index is 290. The highest BCUT2D eigenvalue weighted by atomic mass is 16.6. The molecule has 1 spiro atoms. The summed E-state index contributed by atoms with van der Waals surface area (Å²) in [6.07, 6.45) is 7.92. The third kappa shape index (κ3) is 2.98. The van der Waals surface area contributed by atoms with Crippen molar-refractivity contribution in [1.82, 2.24) is 0 Å². The fraction of sp³-hybridized carbons (Fsp3) is 1.00. The third-order valence-electron chi connectivity index (χ3n) is 5.62. The first-order valence-electron chi connectivity index (χ1n) is 8.08. The van der Waals surface area contributed by atoms with Crippen molar-refractivity contribution in [2.75, 3.05) is 19.8 Å². The first-order valence-corrected chi connectivity index (χ1v) is 8.08. The zero-order chi connectivity index (χ0) is 13.3. The fourth-order valence-electron chi connectivity index (χ4n) is 4.23. The lowest BCUT2D eigenvalue weighted by Gasteiger charge is -2.42. The maximum absolute atomic E-state index is 10.7. The molecule has 0 amide bonds. The van der Waals surface area contributed by atoms with E-state index in [0.29, 0.717) is 11.8 Å². The van der Waals surface area contributed by atoms with Crippen LogP contribution in [-0.2, 0) is 9.47 Å². The molecule has 1 aliphatic carbocycles. The summed E-state index contributed by atoms with van der Waals surface area (Å²) in [6, 6.07) is 0. The molecular weight excluding hydrogens is 240 g/mol. The van der Waals surface area contributed by atoms with E-state index in [-0.39, 0.29) is 11.7 Å². The van der Waals surface area contributed by atoms with Crippen LogP contribution in [0.3, 0.4) is 0 Å². The Hall–Kier alpha value is -0.120. The van der Waals surface area contributed by atoms with Gasteiger partial charge in [-0.3, -0.25) is 0 Å². The highest BCUT2D eigenvalue weighted by Gasteiger charge is 2.44. The van der Waals surface area contributed by atoms with Crippen molar-refractivity contribution < 1.29 is 14.6 Å². The minimum absolute atomic E-state index is 0.0636. The van der Waals surface area contributed by atoms with Gasteiger partial charge in [0.05, 0.1) is 18.3 Å². The van der Waals surface area contributed by atoms with Gasteiger partial charge in [-0.05, 0) is 43.4 Å². The van der Waals surface area contributed by atoms with E-state index >= 15 is 0 Å². The molecule has 0 aromatic heterocycles. The Kier molecular flexibility index (Phi) is 4.16. The van der Waals surface area contributed by atoms with Crippen LogP contribution in [-0.4, -0.2) is 36.6 Å². The van der Waals surface area contributed by atoms with Crippen LogP contribution < -0.4 is 0 Å². The largest absolute Gasteiger partial charge is 0.393 e. The molecule has 2 heterocycles. The van der Waals surface area contributed by atoms with E-state index in [0.717, 1.165) is 45.0 Å². The minimum atomic E-state index is -0.117. The van der Waals surface area contributed by atoms with Crippen molar-refractivity contribution in [3.05, 3.63) is 0 Å². The lowest BCUT2D eigenvalue weighted by molar-refractivity contribution is -0.125. The van der Waals surface area contributed by atoms with Gasteiger partial charge < -0.3 is 14.6 Å². The van der Waals surface area contributed by atoms with Crippen molar-refractivity contribution >= 4 is 0 Å². The van der Waals surface area contributed by atoms with Gasteiger partial charge in [0.2, 0.25) is 0 Å². The van der Waals surface area contributed by atoms with Gasteiger partial charge in [0.1, 0.15) is 0 Å². The Morgan fingerprint density at radius 2 is 1.84 bits per heavy atom. The standard InChI is InChI=1S/C16H28O3/c1-12-2-4-13(5-3-12)15(17)14-6-8-19-16(10-14)7-9-18-11-16/h12-15,17H,2-11H2,1H3. The second-order valence-electron chi connectivity index (χ2n) is 7.10. The van der Waals surface area contributed by atoms with Gasteiger partial charge in [-0.2, -0.15) is 0 Å². The molecule has 19 heavy (non-hydrogen) atoms. The second-order valence-corrected chi connectivity index (χ2v) is 7.10. The van der Waals surface area contributed by atoms with E-state index in [2.05, 4.69) is 6.92 Å². The number of ether oxygens (including phenoxy) is 2. The van der Waals surface area contributed by atoms with E-state index < -0.39 is 0 Å². The van der Waals surface area contributed by atoms with Gasteiger partial charge in [0.15, 0.2) is 0 Å². The lowest BCUT2D eigenvalue weighted by atomic mass is 9.73. The summed E-state index contributed by atoms with van der Waals surface area (Å²) >= 11 is 0. The van der Waals surface area contributed by atoms with Gasteiger partial charge in [-0.25, -0.2) is 0 Å². The number of aliphatic hydroxyl groups is 1. The molecule has 2 saturated heterocycles. The molecule has 3 aliphatic rings. The summed E-state index contributed by atoms with van der Waals surface area (Å²) in [4.78, 5) is 0. The number of hydrogen-bond donors (Lipinski definition) is 1. The third-order valence-corrected chi connectivity index (χ3v) is 5.62. The molecular formula is C16H28O3. The second kappa shape index (κ2) is 5.71. The van der Waals surface area contributed by atoms with Crippen LogP contribution in [0.2, 0.25) is 0 Å². The molecule has 0 aromatic carbocycles. The average molecular weight is 268 g/mol. The zero-order valence-corrected chi connectivity index (χ0v) is 12.1. The van der Waals surface area contributed by atoms with Crippen LogP contribution >= 0.6 is 0 Å². The monoisotopic (exact) mass is 268 g/mol. The Balaban J connectivity index is 1.58.